The highest BCUT2D eigenvalue weighted by Gasteiger charge is 2.12. The molecule has 1 atom stereocenters. The Bertz CT molecular complexity index is 442. The Morgan fingerprint density at radius 1 is 1.71 bits per heavy atom. The molecule has 0 amide bonds. The quantitative estimate of drug-likeness (QED) is 0.865. The molecular formula is C11H15N3O2S. The van der Waals surface area contributed by atoms with E-state index in [0.29, 0.717) is 11.7 Å². The van der Waals surface area contributed by atoms with Gasteiger partial charge < -0.3 is 10.4 Å². The zero-order valence-corrected chi connectivity index (χ0v) is 10.5. The van der Waals surface area contributed by atoms with Crippen molar-refractivity contribution in [3.05, 3.63) is 11.1 Å². The number of rotatable bonds is 3. The molecule has 0 radical (unpaired) electrons. The predicted molar refractivity (Wildman–Crippen MR) is 67.8 cm³/mol. The Labute approximate surface area is 104 Å². The molecular weight excluding hydrogens is 238 g/mol. The molecule has 5 nitrogen and oxygen atoms in total. The first-order valence-electron chi connectivity index (χ1n) is 5.63. The average molecular weight is 253 g/mol. The number of anilines is 1. The van der Waals surface area contributed by atoms with E-state index in [0.717, 1.165) is 30.2 Å². The smallest absolute Gasteiger partial charge is 0.309 e. The monoisotopic (exact) mass is 253 g/mol. The van der Waals surface area contributed by atoms with E-state index in [9.17, 15) is 4.79 Å². The molecule has 1 aliphatic heterocycles. The molecule has 1 unspecified atom stereocenters. The van der Waals surface area contributed by atoms with Crippen LogP contribution in [0.4, 0.5) is 5.13 Å². The maximum Gasteiger partial charge on any atom is 0.309 e. The molecule has 1 aliphatic rings. The summed E-state index contributed by atoms with van der Waals surface area (Å²) in [5.74, 6) is 0.102. The number of nitrogens with zero attached hydrogens (tertiary/aromatic N) is 2. The minimum absolute atomic E-state index is 0.0267. The van der Waals surface area contributed by atoms with Crippen molar-refractivity contribution in [1.82, 2.24) is 4.98 Å². The Kier molecular flexibility index (Phi) is 3.73. The average Bonchev–Trinajstić information content (AvgIpc) is 2.64. The summed E-state index contributed by atoms with van der Waals surface area (Å²) < 4.78 is 0. The van der Waals surface area contributed by atoms with E-state index in [4.69, 9.17) is 5.11 Å². The van der Waals surface area contributed by atoms with Crippen LogP contribution in [0.25, 0.3) is 0 Å². The standard InChI is InChI=1S/C11H15N3O2S/c1-7-3-2-4-9(12-7)14-11-13-8(6-17-11)5-10(15)16/h6-7H,2-5H2,1H3,(H,15,16)(H,12,13,14). The summed E-state index contributed by atoms with van der Waals surface area (Å²) in [6.07, 6.45) is 3.19. The molecule has 1 aromatic rings. The topological polar surface area (TPSA) is 74.6 Å². The Balaban J connectivity index is 1.99. The predicted octanol–water partition coefficient (Wildman–Crippen LogP) is 2.15. The number of amidine groups is 1. The zero-order valence-electron chi connectivity index (χ0n) is 9.64. The van der Waals surface area contributed by atoms with Gasteiger partial charge in [-0.05, 0) is 19.8 Å². The molecule has 92 valence electrons. The van der Waals surface area contributed by atoms with Gasteiger partial charge in [0.15, 0.2) is 5.13 Å². The Morgan fingerprint density at radius 3 is 3.24 bits per heavy atom. The summed E-state index contributed by atoms with van der Waals surface area (Å²) in [6.45, 7) is 2.10. The van der Waals surface area contributed by atoms with Gasteiger partial charge in [-0.15, -0.1) is 11.3 Å². The molecule has 0 saturated heterocycles. The van der Waals surface area contributed by atoms with E-state index in [-0.39, 0.29) is 6.42 Å². The number of aliphatic carboxylic acids is 1. The largest absolute Gasteiger partial charge is 0.481 e. The molecule has 6 heteroatoms. The van der Waals surface area contributed by atoms with E-state index < -0.39 is 5.97 Å². The molecule has 0 bridgehead atoms. The fraction of sp³-hybridized carbons (Fsp3) is 0.545. The first kappa shape index (κ1) is 12.0. The van der Waals surface area contributed by atoms with Crippen LogP contribution in [0, 0.1) is 0 Å². The van der Waals surface area contributed by atoms with E-state index >= 15 is 0 Å². The summed E-state index contributed by atoms with van der Waals surface area (Å²) >= 11 is 1.42. The number of aromatic nitrogens is 1. The lowest BCUT2D eigenvalue weighted by molar-refractivity contribution is -0.136. The van der Waals surface area contributed by atoms with Crippen molar-refractivity contribution in [2.45, 2.75) is 38.6 Å². The van der Waals surface area contributed by atoms with Gasteiger partial charge in [0.1, 0.15) is 5.84 Å². The van der Waals surface area contributed by atoms with Gasteiger partial charge in [0.2, 0.25) is 0 Å². The van der Waals surface area contributed by atoms with Crippen LogP contribution in [0.2, 0.25) is 0 Å². The van der Waals surface area contributed by atoms with Gasteiger partial charge >= 0.3 is 5.97 Å². The number of carboxylic acids is 1. The van der Waals surface area contributed by atoms with Crippen LogP contribution >= 0.6 is 11.3 Å². The summed E-state index contributed by atoms with van der Waals surface area (Å²) in [4.78, 5) is 19.3. The van der Waals surface area contributed by atoms with E-state index in [2.05, 4.69) is 22.2 Å². The normalized spacial score (nSPS) is 19.8. The molecule has 2 rings (SSSR count). The highest BCUT2D eigenvalue weighted by molar-refractivity contribution is 7.13. The molecule has 1 aromatic heterocycles. The third kappa shape index (κ3) is 3.52. The number of hydrogen-bond acceptors (Lipinski definition) is 5. The number of nitrogens with one attached hydrogen (secondary N) is 1. The van der Waals surface area contributed by atoms with Crippen LogP contribution in [-0.2, 0) is 11.2 Å². The second-order valence-corrected chi connectivity index (χ2v) is 5.01. The first-order valence-corrected chi connectivity index (χ1v) is 6.51. The third-order valence-corrected chi connectivity index (χ3v) is 3.35. The molecule has 2 N–H and O–H groups in total. The summed E-state index contributed by atoms with van der Waals surface area (Å²) in [5.41, 5.74) is 0.592. The van der Waals surface area contributed by atoms with Crippen molar-refractivity contribution in [2.75, 3.05) is 5.32 Å². The maximum atomic E-state index is 10.5. The van der Waals surface area contributed by atoms with Gasteiger partial charge in [0.05, 0.1) is 12.1 Å². The third-order valence-electron chi connectivity index (χ3n) is 2.55. The molecule has 0 saturated carbocycles. The van der Waals surface area contributed by atoms with Crippen LogP contribution < -0.4 is 5.32 Å². The number of carbonyl (C=O) groups is 1. The minimum Gasteiger partial charge on any atom is -0.481 e. The second kappa shape index (κ2) is 5.27. The molecule has 0 fully saturated rings. The van der Waals surface area contributed by atoms with E-state index in [1.165, 1.54) is 11.3 Å². The zero-order chi connectivity index (χ0) is 12.3. The van der Waals surface area contributed by atoms with Gasteiger partial charge in [-0.3, -0.25) is 9.79 Å². The molecule has 0 aromatic carbocycles. The van der Waals surface area contributed by atoms with Gasteiger partial charge in [0.25, 0.3) is 0 Å². The van der Waals surface area contributed by atoms with Crippen molar-refractivity contribution in [3.8, 4) is 0 Å². The fourth-order valence-corrected chi connectivity index (χ4v) is 2.51. The highest BCUT2D eigenvalue weighted by atomic mass is 32.1. The molecule has 17 heavy (non-hydrogen) atoms. The van der Waals surface area contributed by atoms with Crippen molar-refractivity contribution < 1.29 is 9.90 Å². The van der Waals surface area contributed by atoms with Crippen molar-refractivity contribution >= 4 is 28.3 Å². The van der Waals surface area contributed by atoms with Gasteiger partial charge in [-0.2, -0.15) is 0 Å². The number of hydrogen-bond donors (Lipinski definition) is 2. The van der Waals surface area contributed by atoms with E-state index in [1.54, 1.807) is 5.38 Å². The SMILES string of the molecule is CC1CCCC(Nc2nc(CC(=O)O)cs2)=N1. The van der Waals surface area contributed by atoms with Crippen LogP contribution in [0.5, 0.6) is 0 Å². The fourth-order valence-electron chi connectivity index (χ4n) is 1.78. The first-order chi connectivity index (χ1) is 8.13. The van der Waals surface area contributed by atoms with Crippen LogP contribution in [0.1, 0.15) is 31.9 Å². The summed E-state index contributed by atoms with van der Waals surface area (Å²) in [5, 5.41) is 14.3. The maximum absolute atomic E-state index is 10.5. The van der Waals surface area contributed by atoms with Gasteiger partial charge in [-0.1, -0.05) is 0 Å². The number of aliphatic imine (C=N–C) groups is 1. The lowest BCUT2D eigenvalue weighted by Gasteiger charge is -2.16. The van der Waals surface area contributed by atoms with Crippen LogP contribution in [0.15, 0.2) is 10.4 Å². The van der Waals surface area contributed by atoms with Crippen molar-refractivity contribution in [3.63, 3.8) is 0 Å². The Hall–Kier alpha value is -1.43. The lowest BCUT2D eigenvalue weighted by Crippen LogP contribution is -2.19. The molecule has 0 spiro atoms. The molecule has 0 aliphatic carbocycles. The molecule has 2 heterocycles. The van der Waals surface area contributed by atoms with Crippen LogP contribution in [-0.4, -0.2) is 27.9 Å². The second-order valence-electron chi connectivity index (χ2n) is 4.16. The summed E-state index contributed by atoms with van der Waals surface area (Å²) in [7, 11) is 0. The van der Waals surface area contributed by atoms with Crippen molar-refractivity contribution in [1.29, 1.82) is 0 Å². The Morgan fingerprint density at radius 2 is 2.53 bits per heavy atom. The number of carboxylic acid groups (broad SMARTS) is 1. The minimum atomic E-state index is -0.856. The lowest BCUT2D eigenvalue weighted by atomic mass is 10.1. The highest BCUT2D eigenvalue weighted by Crippen LogP contribution is 2.19. The van der Waals surface area contributed by atoms with Gasteiger partial charge in [0, 0.05) is 17.8 Å². The van der Waals surface area contributed by atoms with E-state index in [1.807, 2.05) is 0 Å². The summed E-state index contributed by atoms with van der Waals surface area (Å²) in [6, 6.07) is 0.365. The van der Waals surface area contributed by atoms with Crippen molar-refractivity contribution in [2.24, 2.45) is 4.99 Å². The van der Waals surface area contributed by atoms with Crippen LogP contribution in [0.3, 0.4) is 0 Å². The number of thiazole rings is 1. The van der Waals surface area contributed by atoms with Gasteiger partial charge in [-0.25, -0.2) is 4.98 Å².